The fourth-order valence-electron chi connectivity index (χ4n) is 3.40. The third-order valence-corrected chi connectivity index (χ3v) is 5.08. The molecule has 7 nitrogen and oxygen atoms in total. The second-order valence-electron chi connectivity index (χ2n) is 7.40. The van der Waals surface area contributed by atoms with E-state index in [-0.39, 0.29) is 36.4 Å². The van der Waals surface area contributed by atoms with Crippen molar-refractivity contribution in [2.75, 3.05) is 51.8 Å². The number of aliphatic imine (C=N–C) groups is 1. The highest BCUT2D eigenvalue weighted by molar-refractivity contribution is 14.0. The predicted molar refractivity (Wildman–Crippen MR) is 124 cm³/mol. The topological polar surface area (TPSA) is 69.2 Å². The SMILES string of the molecule is CN(C)C(=O)CN=C(NC1CCOCC1)NC1CCN(c2ccccc2)C1.I. The van der Waals surface area contributed by atoms with E-state index in [1.807, 2.05) is 6.07 Å². The molecule has 0 spiro atoms. The molecule has 0 saturated carbocycles. The monoisotopic (exact) mass is 501 g/mol. The molecule has 1 aromatic rings. The molecule has 1 unspecified atom stereocenters. The van der Waals surface area contributed by atoms with Crippen LogP contribution >= 0.6 is 24.0 Å². The van der Waals surface area contributed by atoms with Crippen molar-refractivity contribution >= 4 is 41.5 Å². The van der Waals surface area contributed by atoms with Crippen LogP contribution in [0.2, 0.25) is 0 Å². The first-order valence-corrected chi connectivity index (χ1v) is 9.77. The molecule has 2 aliphatic heterocycles. The van der Waals surface area contributed by atoms with E-state index in [4.69, 9.17) is 4.74 Å². The Hall–Kier alpha value is -1.55. The van der Waals surface area contributed by atoms with Gasteiger partial charge in [0, 0.05) is 58.2 Å². The zero-order chi connectivity index (χ0) is 19.1. The van der Waals surface area contributed by atoms with Crippen molar-refractivity contribution in [2.45, 2.75) is 31.3 Å². The first-order valence-electron chi connectivity index (χ1n) is 9.77. The number of guanidine groups is 1. The van der Waals surface area contributed by atoms with Gasteiger partial charge in [-0.1, -0.05) is 18.2 Å². The first kappa shape index (κ1) is 22.7. The van der Waals surface area contributed by atoms with Crippen molar-refractivity contribution in [3.05, 3.63) is 30.3 Å². The Labute approximate surface area is 184 Å². The Bertz CT molecular complexity index is 635. The lowest BCUT2D eigenvalue weighted by atomic mass is 10.1. The third-order valence-electron chi connectivity index (χ3n) is 5.08. The lowest BCUT2D eigenvalue weighted by Crippen LogP contribution is -2.50. The molecule has 0 bridgehead atoms. The first-order chi connectivity index (χ1) is 13.1. The van der Waals surface area contributed by atoms with Gasteiger partial charge in [-0.25, -0.2) is 4.99 Å². The smallest absolute Gasteiger partial charge is 0.243 e. The fourth-order valence-corrected chi connectivity index (χ4v) is 3.40. The molecule has 1 amide bonds. The summed E-state index contributed by atoms with van der Waals surface area (Å²) in [5.74, 6) is 0.734. The van der Waals surface area contributed by atoms with E-state index >= 15 is 0 Å². The summed E-state index contributed by atoms with van der Waals surface area (Å²) in [7, 11) is 3.51. The molecule has 1 aromatic carbocycles. The van der Waals surface area contributed by atoms with Crippen LogP contribution in [0.4, 0.5) is 5.69 Å². The highest BCUT2D eigenvalue weighted by atomic mass is 127. The Morgan fingerprint density at radius 2 is 1.82 bits per heavy atom. The number of hydrogen-bond acceptors (Lipinski definition) is 4. The van der Waals surface area contributed by atoms with E-state index in [1.165, 1.54) is 5.69 Å². The van der Waals surface area contributed by atoms with Crippen LogP contribution in [0.25, 0.3) is 0 Å². The number of nitrogens with one attached hydrogen (secondary N) is 2. The van der Waals surface area contributed by atoms with Gasteiger partial charge in [0.15, 0.2) is 5.96 Å². The number of carbonyl (C=O) groups excluding carboxylic acids is 1. The van der Waals surface area contributed by atoms with Gasteiger partial charge in [-0.05, 0) is 31.4 Å². The average Bonchev–Trinajstić information content (AvgIpc) is 3.16. The number of halogens is 1. The number of anilines is 1. The second kappa shape index (κ2) is 11.5. The third kappa shape index (κ3) is 6.80. The van der Waals surface area contributed by atoms with E-state index in [1.54, 1.807) is 19.0 Å². The molecule has 2 N–H and O–H groups in total. The molecular formula is C20H32IN5O2. The summed E-state index contributed by atoms with van der Waals surface area (Å²) in [6.45, 7) is 3.64. The number of carbonyl (C=O) groups is 1. The Balaban J connectivity index is 0.00000280. The van der Waals surface area contributed by atoms with Crippen LogP contribution in [0.5, 0.6) is 0 Å². The minimum Gasteiger partial charge on any atom is -0.381 e. The van der Waals surface area contributed by atoms with Crippen molar-refractivity contribution in [1.29, 1.82) is 0 Å². The molecule has 156 valence electrons. The van der Waals surface area contributed by atoms with Crippen LogP contribution in [0.15, 0.2) is 35.3 Å². The number of amides is 1. The molecule has 3 rings (SSSR count). The lowest BCUT2D eigenvalue weighted by Gasteiger charge is -2.27. The Morgan fingerprint density at radius 1 is 1.14 bits per heavy atom. The molecule has 0 radical (unpaired) electrons. The second-order valence-corrected chi connectivity index (χ2v) is 7.40. The van der Waals surface area contributed by atoms with Crippen LogP contribution in [0.3, 0.4) is 0 Å². The maximum Gasteiger partial charge on any atom is 0.243 e. The van der Waals surface area contributed by atoms with Crippen molar-refractivity contribution in [3.63, 3.8) is 0 Å². The zero-order valence-electron chi connectivity index (χ0n) is 16.8. The normalized spacial score (nSPS) is 20.4. The predicted octanol–water partition coefficient (Wildman–Crippen LogP) is 1.69. The van der Waals surface area contributed by atoms with Crippen LogP contribution in [0, 0.1) is 0 Å². The van der Waals surface area contributed by atoms with Crippen LogP contribution in [0.1, 0.15) is 19.3 Å². The molecule has 0 aromatic heterocycles. The highest BCUT2D eigenvalue weighted by Gasteiger charge is 2.24. The summed E-state index contributed by atoms with van der Waals surface area (Å²) in [6, 6.07) is 11.1. The van der Waals surface area contributed by atoms with E-state index in [0.717, 1.165) is 51.5 Å². The van der Waals surface area contributed by atoms with Gasteiger partial charge in [0.1, 0.15) is 6.54 Å². The molecule has 2 heterocycles. The number of hydrogen-bond donors (Lipinski definition) is 2. The standard InChI is InChI=1S/C20H31N5O2.HI/c1-24(2)19(26)14-21-20(22-16-9-12-27-13-10-16)23-17-8-11-25(15-17)18-6-4-3-5-7-18;/h3-7,16-17H,8-15H2,1-2H3,(H2,21,22,23);1H. The van der Waals surface area contributed by atoms with Crippen molar-refractivity contribution in [2.24, 2.45) is 4.99 Å². The summed E-state index contributed by atoms with van der Waals surface area (Å²) >= 11 is 0. The van der Waals surface area contributed by atoms with Gasteiger partial charge in [-0.15, -0.1) is 24.0 Å². The van der Waals surface area contributed by atoms with E-state index in [9.17, 15) is 4.79 Å². The van der Waals surface area contributed by atoms with Gasteiger partial charge in [0.2, 0.25) is 5.91 Å². The molecule has 1 atom stereocenters. The van der Waals surface area contributed by atoms with Crippen LogP contribution in [-0.2, 0) is 9.53 Å². The summed E-state index contributed by atoms with van der Waals surface area (Å²) in [4.78, 5) is 20.4. The number of likely N-dealkylation sites (N-methyl/N-ethyl adjacent to an activating group) is 1. The maximum absolute atomic E-state index is 11.9. The molecule has 8 heteroatoms. The average molecular weight is 501 g/mol. The number of para-hydroxylation sites is 1. The number of nitrogens with zero attached hydrogens (tertiary/aromatic N) is 3. The molecule has 28 heavy (non-hydrogen) atoms. The summed E-state index contributed by atoms with van der Waals surface area (Å²) in [5.41, 5.74) is 1.25. The quantitative estimate of drug-likeness (QED) is 0.365. The highest BCUT2D eigenvalue weighted by Crippen LogP contribution is 2.19. The number of ether oxygens (including phenoxy) is 1. The van der Waals surface area contributed by atoms with E-state index in [0.29, 0.717) is 12.1 Å². The van der Waals surface area contributed by atoms with Gasteiger partial charge in [0.25, 0.3) is 0 Å². The van der Waals surface area contributed by atoms with E-state index < -0.39 is 0 Å². The van der Waals surface area contributed by atoms with Crippen LogP contribution < -0.4 is 15.5 Å². The van der Waals surface area contributed by atoms with Gasteiger partial charge >= 0.3 is 0 Å². The molecule has 0 aliphatic carbocycles. The number of benzene rings is 1. The van der Waals surface area contributed by atoms with Crippen molar-refractivity contribution < 1.29 is 9.53 Å². The van der Waals surface area contributed by atoms with Crippen LogP contribution in [-0.4, -0.2) is 75.8 Å². The zero-order valence-corrected chi connectivity index (χ0v) is 19.1. The fraction of sp³-hybridized carbons (Fsp3) is 0.600. The lowest BCUT2D eigenvalue weighted by molar-refractivity contribution is -0.127. The summed E-state index contributed by atoms with van der Waals surface area (Å²) in [6.07, 6.45) is 2.97. The summed E-state index contributed by atoms with van der Waals surface area (Å²) < 4.78 is 5.44. The maximum atomic E-state index is 11.9. The minimum absolute atomic E-state index is 0. The van der Waals surface area contributed by atoms with Gasteiger partial charge in [-0.2, -0.15) is 0 Å². The molecule has 2 fully saturated rings. The van der Waals surface area contributed by atoms with E-state index in [2.05, 4.69) is 44.8 Å². The molecule has 2 saturated heterocycles. The minimum atomic E-state index is 0. The Morgan fingerprint density at radius 3 is 2.50 bits per heavy atom. The van der Waals surface area contributed by atoms with Crippen molar-refractivity contribution in [3.8, 4) is 0 Å². The van der Waals surface area contributed by atoms with Gasteiger partial charge in [0.05, 0.1) is 0 Å². The molecule has 2 aliphatic rings. The van der Waals surface area contributed by atoms with Gasteiger partial charge < -0.3 is 25.2 Å². The largest absolute Gasteiger partial charge is 0.381 e. The number of rotatable bonds is 5. The molecular weight excluding hydrogens is 469 g/mol. The summed E-state index contributed by atoms with van der Waals surface area (Å²) in [5, 5.41) is 7.04. The van der Waals surface area contributed by atoms with Crippen molar-refractivity contribution in [1.82, 2.24) is 15.5 Å². The Kier molecular flexibility index (Phi) is 9.30. The van der Waals surface area contributed by atoms with Gasteiger partial charge in [-0.3, -0.25) is 4.79 Å².